The summed E-state index contributed by atoms with van der Waals surface area (Å²) in [5.41, 5.74) is 2.27. The molecule has 0 spiro atoms. The topological polar surface area (TPSA) is 64.4 Å². The highest BCUT2D eigenvalue weighted by molar-refractivity contribution is 5.94. The van der Waals surface area contributed by atoms with Crippen LogP contribution in [0, 0.1) is 6.92 Å². The van der Waals surface area contributed by atoms with E-state index in [9.17, 15) is 9.59 Å². The fourth-order valence-electron chi connectivity index (χ4n) is 3.61. The number of aryl methyl sites for hydroxylation is 1. The van der Waals surface area contributed by atoms with E-state index in [1.165, 1.54) is 0 Å². The van der Waals surface area contributed by atoms with Gasteiger partial charge in [0.15, 0.2) is 0 Å². The van der Waals surface area contributed by atoms with Gasteiger partial charge < -0.3 is 9.64 Å². The summed E-state index contributed by atoms with van der Waals surface area (Å²) in [4.78, 5) is 33.0. The molecule has 1 heterocycles. The quantitative estimate of drug-likeness (QED) is 0.567. The summed E-state index contributed by atoms with van der Waals surface area (Å²) in [7, 11) is 1.61. The minimum atomic E-state index is -0.391. The summed E-state index contributed by atoms with van der Waals surface area (Å²) in [6.07, 6.45) is 0.795. The molecule has 0 bridgehead atoms. The SMILES string of the molecule is CCCn1c(C(C)N(CCOC)C(=O)c2ccc(C)cc2)nc2ccccc2c1=O. The van der Waals surface area contributed by atoms with E-state index in [0.717, 1.165) is 12.0 Å². The molecular formula is C24H29N3O3. The number of carbonyl (C=O) groups is 1. The number of aromatic nitrogens is 2. The second kappa shape index (κ2) is 9.67. The fourth-order valence-corrected chi connectivity index (χ4v) is 3.61. The second-order valence-corrected chi connectivity index (χ2v) is 7.48. The Bertz CT molecular complexity index is 1070. The van der Waals surface area contributed by atoms with Gasteiger partial charge in [-0.1, -0.05) is 36.8 Å². The van der Waals surface area contributed by atoms with Gasteiger partial charge in [-0.2, -0.15) is 0 Å². The first-order valence-electron chi connectivity index (χ1n) is 10.3. The Kier molecular flexibility index (Phi) is 7.00. The first-order valence-corrected chi connectivity index (χ1v) is 10.3. The van der Waals surface area contributed by atoms with Crippen LogP contribution in [0.1, 0.15) is 48.1 Å². The van der Waals surface area contributed by atoms with Gasteiger partial charge in [-0.05, 0) is 44.5 Å². The lowest BCUT2D eigenvalue weighted by atomic mass is 10.1. The monoisotopic (exact) mass is 407 g/mol. The number of hydrogen-bond donors (Lipinski definition) is 0. The molecular weight excluding hydrogens is 378 g/mol. The third kappa shape index (κ3) is 4.44. The maximum absolute atomic E-state index is 13.3. The zero-order valence-corrected chi connectivity index (χ0v) is 18.1. The van der Waals surface area contributed by atoms with Crippen LogP contribution in [0.2, 0.25) is 0 Å². The molecule has 3 aromatic rings. The number of hydrogen-bond acceptors (Lipinski definition) is 4. The predicted octanol–water partition coefficient (Wildman–Crippen LogP) is 3.96. The van der Waals surface area contributed by atoms with Gasteiger partial charge in [0.05, 0.1) is 23.6 Å². The van der Waals surface area contributed by atoms with Gasteiger partial charge in [-0.25, -0.2) is 4.98 Å². The minimum absolute atomic E-state index is 0.0706. The summed E-state index contributed by atoms with van der Waals surface area (Å²) in [5.74, 6) is 0.488. The number of methoxy groups -OCH3 is 1. The number of carbonyl (C=O) groups excluding carboxylic acids is 1. The van der Waals surface area contributed by atoms with Gasteiger partial charge >= 0.3 is 0 Å². The van der Waals surface area contributed by atoms with E-state index in [4.69, 9.17) is 9.72 Å². The van der Waals surface area contributed by atoms with Gasteiger partial charge in [0.1, 0.15) is 5.82 Å². The highest BCUT2D eigenvalue weighted by atomic mass is 16.5. The molecule has 0 N–H and O–H groups in total. The largest absolute Gasteiger partial charge is 0.383 e. The molecule has 3 rings (SSSR count). The third-order valence-corrected chi connectivity index (χ3v) is 5.28. The predicted molar refractivity (Wildman–Crippen MR) is 119 cm³/mol. The van der Waals surface area contributed by atoms with Crippen molar-refractivity contribution in [3.8, 4) is 0 Å². The van der Waals surface area contributed by atoms with Gasteiger partial charge in [-0.3, -0.25) is 14.2 Å². The molecule has 0 saturated carbocycles. The standard InChI is InChI=1S/C24H29N3O3/c1-5-14-27-22(25-21-9-7-6-8-20(21)24(27)29)18(3)26(15-16-30-4)23(28)19-12-10-17(2)11-13-19/h6-13,18H,5,14-16H2,1-4H3. The Labute approximate surface area is 177 Å². The van der Waals surface area contributed by atoms with Gasteiger partial charge in [-0.15, -0.1) is 0 Å². The Morgan fingerprint density at radius 3 is 2.53 bits per heavy atom. The van der Waals surface area contributed by atoms with E-state index in [-0.39, 0.29) is 11.5 Å². The molecule has 0 aliphatic rings. The van der Waals surface area contributed by atoms with Gasteiger partial charge in [0, 0.05) is 25.8 Å². The molecule has 1 amide bonds. The van der Waals surface area contributed by atoms with Crippen molar-refractivity contribution in [3.05, 3.63) is 75.8 Å². The van der Waals surface area contributed by atoms with Crippen molar-refractivity contribution in [2.75, 3.05) is 20.3 Å². The average molecular weight is 408 g/mol. The van der Waals surface area contributed by atoms with Crippen LogP contribution in [-0.2, 0) is 11.3 Å². The summed E-state index contributed by atoms with van der Waals surface area (Å²) in [6, 6.07) is 14.5. The summed E-state index contributed by atoms with van der Waals surface area (Å²) in [5, 5.41) is 0.593. The molecule has 1 aromatic heterocycles. The second-order valence-electron chi connectivity index (χ2n) is 7.48. The smallest absolute Gasteiger partial charge is 0.261 e. The van der Waals surface area contributed by atoms with Crippen molar-refractivity contribution in [2.24, 2.45) is 0 Å². The van der Waals surface area contributed by atoms with E-state index < -0.39 is 6.04 Å². The van der Waals surface area contributed by atoms with Crippen molar-refractivity contribution < 1.29 is 9.53 Å². The van der Waals surface area contributed by atoms with Gasteiger partial charge in [0.2, 0.25) is 0 Å². The number of fused-ring (bicyclic) bond motifs is 1. The number of amides is 1. The molecule has 6 nitrogen and oxygen atoms in total. The molecule has 1 atom stereocenters. The molecule has 0 radical (unpaired) electrons. The maximum Gasteiger partial charge on any atom is 0.261 e. The molecule has 0 aliphatic carbocycles. The van der Waals surface area contributed by atoms with E-state index in [0.29, 0.717) is 42.0 Å². The Balaban J connectivity index is 2.09. The summed E-state index contributed by atoms with van der Waals surface area (Å²) < 4.78 is 6.96. The highest BCUT2D eigenvalue weighted by Gasteiger charge is 2.26. The minimum Gasteiger partial charge on any atom is -0.383 e. The van der Waals surface area contributed by atoms with Crippen LogP contribution in [-0.4, -0.2) is 40.6 Å². The molecule has 158 valence electrons. The van der Waals surface area contributed by atoms with Crippen LogP contribution in [0.15, 0.2) is 53.3 Å². The molecule has 0 fully saturated rings. The van der Waals surface area contributed by atoms with E-state index in [1.807, 2.05) is 63.2 Å². The van der Waals surface area contributed by atoms with Crippen LogP contribution in [0.4, 0.5) is 0 Å². The van der Waals surface area contributed by atoms with E-state index in [1.54, 1.807) is 22.6 Å². The van der Waals surface area contributed by atoms with E-state index in [2.05, 4.69) is 0 Å². The first-order chi connectivity index (χ1) is 14.5. The maximum atomic E-state index is 13.3. The van der Waals surface area contributed by atoms with Crippen LogP contribution in [0.25, 0.3) is 10.9 Å². The van der Waals surface area contributed by atoms with Gasteiger partial charge in [0.25, 0.3) is 11.5 Å². The fraction of sp³-hybridized carbons (Fsp3) is 0.375. The molecule has 2 aromatic carbocycles. The molecule has 1 unspecified atom stereocenters. The summed E-state index contributed by atoms with van der Waals surface area (Å²) >= 11 is 0. The van der Waals surface area contributed by atoms with Crippen molar-refractivity contribution in [1.82, 2.24) is 14.5 Å². The lowest BCUT2D eigenvalue weighted by molar-refractivity contribution is 0.0602. The zero-order valence-electron chi connectivity index (χ0n) is 18.1. The number of rotatable bonds is 8. The van der Waals surface area contributed by atoms with Crippen LogP contribution < -0.4 is 5.56 Å². The Morgan fingerprint density at radius 2 is 1.87 bits per heavy atom. The number of benzene rings is 2. The first kappa shape index (κ1) is 21.7. The Morgan fingerprint density at radius 1 is 1.17 bits per heavy atom. The van der Waals surface area contributed by atoms with Crippen LogP contribution in [0.3, 0.4) is 0 Å². The normalized spacial score (nSPS) is 12.1. The number of ether oxygens (including phenoxy) is 1. The molecule has 6 heteroatoms. The molecule has 0 saturated heterocycles. The Hall–Kier alpha value is -2.99. The number of para-hydroxylation sites is 1. The number of nitrogens with zero attached hydrogens (tertiary/aromatic N) is 3. The lowest BCUT2D eigenvalue weighted by Crippen LogP contribution is -2.39. The van der Waals surface area contributed by atoms with Crippen molar-refractivity contribution in [1.29, 1.82) is 0 Å². The van der Waals surface area contributed by atoms with Crippen molar-refractivity contribution in [2.45, 2.75) is 39.8 Å². The average Bonchev–Trinajstić information content (AvgIpc) is 2.76. The lowest BCUT2D eigenvalue weighted by Gasteiger charge is -2.30. The van der Waals surface area contributed by atoms with Crippen LogP contribution in [0.5, 0.6) is 0 Å². The molecule has 30 heavy (non-hydrogen) atoms. The third-order valence-electron chi connectivity index (χ3n) is 5.28. The highest BCUT2D eigenvalue weighted by Crippen LogP contribution is 2.22. The van der Waals surface area contributed by atoms with Crippen molar-refractivity contribution >= 4 is 16.8 Å². The van der Waals surface area contributed by atoms with Crippen molar-refractivity contribution in [3.63, 3.8) is 0 Å². The van der Waals surface area contributed by atoms with Crippen LogP contribution >= 0.6 is 0 Å². The molecule has 0 aliphatic heterocycles. The van der Waals surface area contributed by atoms with E-state index >= 15 is 0 Å². The summed E-state index contributed by atoms with van der Waals surface area (Å²) in [6.45, 7) is 7.28. The zero-order chi connectivity index (χ0) is 21.7.